The van der Waals surface area contributed by atoms with Gasteiger partial charge in [0.25, 0.3) is 0 Å². The zero-order valence-corrected chi connectivity index (χ0v) is 21.8. The Hall–Kier alpha value is -3.54. The molecule has 0 spiro atoms. The van der Waals surface area contributed by atoms with E-state index in [1.165, 1.54) is 16.8 Å². The average molecular weight is 525 g/mol. The molecule has 4 aromatic rings. The third-order valence-electron chi connectivity index (χ3n) is 5.88. The van der Waals surface area contributed by atoms with Gasteiger partial charge in [0.1, 0.15) is 17.3 Å². The first kappa shape index (κ1) is 25.5. The number of imidazole rings is 1. The minimum Gasteiger partial charge on any atom is -0.398 e. The van der Waals surface area contributed by atoms with E-state index in [0.717, 1.165) is 23.1 Å². The van der Waals surface area contributed by atoms with Crippen LogP contribution in [0.4, 0.5) is 25.8 Å². The molecule has 0 aliphatic rings. The van der Waals surface area contributed by atoms with Crippen molar-refractivity contribution < 1.29 is 13.5 Å². The Morgan fingerprint density at radius 2 is 2.03 bits per heavy atom. The van der Waals surface area contributed by atoms with Gasteiger partial charge in [0.05, 0.1) is 10.6 Å². The predicted molar refractivity (Wildman–Crippen MR) is 148 cm³/mol. The second-order valence-corrected chi connectivity index (χ2v) is 9.14. The molecule has 5 nitrogen and oxygen atoms in total. The molecule has 1 aromatic heterocycles. The number of rotatable bonds is 7. The monoisotopic (exact) mass is 524 g/mol. The van der Waals surface area contributed by atoms with Gasteiger partial charge < -0.3 is 10.7 Å². The molecule has 1 atom stereocenters. The maximum atomic E-state index is 15.7. The van der Waals surface area contributed by atoms with Crippen LogP contribution in [-0.2, 0) is 0 Å². The number of H-pyrrole nitrogens is 1. The van der Waals surface area contributed by atoms with Crippen LogP contribution < -0.4 is 16.5 Å². The summed E-state index contributed by atoms with van der Waals surface area (Å²) < 4.78 is 32.1. The highest BCUT2D eigenvalue weighted by atomic mass is 35.5. The van der Waals surface area contributed by atoms with Crippen LogP contribution >= 0.6 is 20.8 Å². The number of aromatic nitrogens is 2. The number of allylic oxidation sites excluding steroid dienone is 1. The van der Waals surface area contributed by atoms with Crippen LogP contribution in [0.25, 0.3) is 16.7 Å². The van der Waals surface area contributed by atoms with Crippen LogP contribution in [0.5, 0.6) is 0 Å². The van der Waals surface area contributed by atoms with E-state index in [1.807, 2.05) is 19.9 Å². The van der Waals surface area contributed by atoms with E-state index in [2.05, 4.69) is 31.4 Å². The van der Waals surface area contributed by atoms with Gasteiger partial charge in [-0.25, -0.2) is 13.8 Å². The van der Waals surface area contributed by atoms with E-state index >= 15 is 8.78 Å². The summed E-state index contributed by atoms with van der Waals surface area (Å²) in [6, 6.07) is 11.3. The van der Waals surface area contributed by atoms with E-state index in [-0.39, 0.29) is 11.3 Å². The third kappa shape index (κ3) is 4.77. The number of nitrogens with one attached hydrogen (secondary N) is 2. The molecule has 0 saturated carbocycles. The Labute approximate surface area is 215 Å². The lowest BCUT2D eigenvalue weighted by molar-refractivity contribution is -0.395. The van der Waals surface area contributed by atoms with Crippen LogP contribution in [-0.4, -0.2) is 21.4 Å². The standard InChI is InChI=1S/C27H26ClF2N5P/c1-4-6-17(27-32-13-14-33-27)16-9-10-18(26(36)25(16)31)23-20(29)11-12-21(24(23)30)34-35(3)22-8-5-7-19(28)15(22)2/h5-14,34H,3-4,31,36H2,1-2H3,(H,32,33)/q+1/b17-6-. The smallest absolute Gasteiger partial charge is 0.239 e. The highest BCUT2D eigenvalue weighted by Crippen LogP contribution is 2.35. The van der Waals surface area contributed by atoms with E-state index in [4.69, 9.17) is 17.3 Å². The third-order valence-corrected chi connectivity index (χ3v) is 6.92. The van der Waals surface area contributed by atoms with Gasteiger partial charge in [-0.1, -0.05) is 47.5 Å². The fourth-order valence-corrected chi connectivity index (χ4v) is 4.59. The van der Waals surface area contributed by atoms with Crippen molar-refractivity contribution in [2.75, 3.05) is 11.2 Å². The Bertz CT molecular complexity index is 1480. The summed E-state index contributed by atoms with van der Waals surface area (Å²) in [6.45, 7) is 7.78. The van der Waals surface area contributed by atoms with Crippen molar-refractivity contribution in [3.05, 3.63) is 94.5 Å². The number of hydrazine groups is 1. The lowest BCUT2D eigenvalue weighted by atomic mass is 9.96. The fraction of sp³-hybridized carbons (Fsp3) is 0.111. The molecule has 1 heterocycles. The molecular formula is C27H26ClF2N5P+. The first-order chi connectivity index (χ1) is 17.2. The molecule has 4 rings (SSSR count). The molecule has 3 aromatic carbocycles. The number of halogens is 3. The molecule has 36 heavy (non-hydrogen) atoms. The van der Waals surface area contributed by atoms with Crippen molar-refractivity contribution in [2.24, 2.45) is 0 Å². The van der Waals surface area contributed by atoms with Crippen molar-refractivity contribution in [1.29, 1.82) is 0 Å². The summed E-state index contributed by atoms with van der Waals surface area (Å²) in [5.74, 6) is -0.815. The molecule has 0 aliphatic carbocycles. The quantitative estimate of drug-likeness (QED) is 0.0837. The van der Waals surface area contributed by atoms with Crippen molar-refractivity contribution in [3.8, 4) is 11.1 Å². The lowest BCUT2D eigenvalue weighted by Gasteiger charge is -2.17. The molecule has 4 N–H and O–H groups in total. The van der Waals surface area contributed by atoms with E-state index in [1.54, 1.807) is 42.7 Å². The van der Waals surface area contributed by atoms with Gasteiger partial charge in [-0.2, -0.15) is 5.43 Å². The Morgan fingerprint density at radius 3 is 2.72 bits per heavy atom. The van der Waals surface area contributed by atoms with Gasteiger partial charge in [-0.3, -0.25) is 0 Å². The number of nitrogens with zero attached hydrogens (tertiary/aromatic N) is 2. The molecule has 0 radical (unpaired) electrons. The zero-order valence-electron chi connectivity index (χ0n) is 19.9. The van der Waals surface area contributed by atoms with Gasteiger partial charge in [-0.05, 0) is 37.1 Å². The minimum absolute atomic E-state index is 0.0509. The number of anilines is 2. The molecule has 0 fully saturated rings. The second-order valence-electron chi connectivity index (χ2n) is 8.16. The molecule has 0 aliphatic heterocycles. The molecule has 9 heteroatoms. The maximum absolute atomic E-state index is 15.7. The number of hydrogen-bond donors (Lipinski definition) is 3. The van der Waals surface area contributed by atoms with E-state index in [9.17, 15) is 0 Å². The fourth-order valence-electron chi connectivity index (χ4n) is 4.02. The number of nitrogens with two attached hydrogens (primary N) is 1. The number of hydrazone groups is 1. The maximum Gasteiger partial charge on any atom is 0.239 e. The van der Waals surface area contributed by atoms with Crippen LogP contribution in [0, 0.1) is 18.6 Å². The first-order valence-electron chi connectivity index (χ1n) is 11.2. The van der Waals surface area contributed by atoms with Crippen LogP contribution in [0.15, 0.2) is 60.9 Å². The molecule has 0 amide bonds. The van der Waals surface area contributed by atoms with Gasteiger partial charge in [0, 0.05) is 46.2 Å². The summed E-state index contributed by atoms with van der Waals surface area (Å²) in [7, 11) is 2.52. The Balaban J connectivity index is 1.76. The Morgan fingerprint density at radius 1 is 1.25 bits per heavy atom. The van der Waals surface area contributed by atoms with Crippen LogP contribution in [0.3, 0.4) is 0 Å². The SMILES string of the molecule is C=[N+](Nc1ccc(F)c(-c2ccc(/C(=C/CC)c3ncc[nH]3)c(N)c2P)c1F)c1cccc(Cl)c1C. The molecule has 0 saturated heterocycles. The normalized spacial score (nSPS) is 11.6. The van der Waals surface area contributed by atoms with Gasteiger partial charge >= 0.3 is 0 Å². The first-order valence-corrected chi connectivity index (χ1v) is 12.2. The van der Waals surface area contributed by atoms with Crippen molar-refractivity contribution in [3.63, 3.8) is 0 Å². The van der Waals surface area contributed by atoms with Crippen LogP contribution in [0.2, 0.25) is 5.02 Å². The zero-order chi connectivity index (χ0) is 26.0. The van der Waals surface area contributed by atoms with Gasteiger partial charge in [-0.15, -0.1) is 9.24 Å². The van der Waals surface area contributed by atoms with Crippen LogP contribution in [0.1, 0.15) is 30.3 Å². The average Bonchev–Trinajstić information content (AvgIpc) is 3.39. The minimum atomic E-state index is -0.769. The lowest BCUT2D eigenvalue weighted by Crippen LogP contribution is -2.15. The number of nitrogen functional groups attached to an aromatic ring is 1. The van der Waals surface area contributed by atoms with Crippen molar-refractivity contribution in [1.82, 2.24) is 9.97 Å². The molecule has 1 unspecified atom stereocenters. The number of aromatic amines is 1. The van der Waals surface area contributed by atoms with Gasteiger partial charge in [0.2, 0.25) is 5.69 Å². The molecular weight excluding hydrogens is 499 g/mol. The van der Waals surface area contributed by atoms with E-state index in [0.29, 0.717) is 33.1 Å². The number of benzene rings is 3. The topological polar surface area (TPSA) is 69.7 Å². The highest BCUT2D eigenvalue weighted by Gasteiger charge is 2.23. The largest absolute Gasteiger partial charge is 0.398 e. The van der Waals surface area contributed by atoms with Crippen molar-refractivity contribution >= 4 is 55.5 Å². The Kier molecular flexibility index (Phi) is 7.53. The predicted octanol–water partition coefficient (Wildman–Crippen LogP) is 6.61. The van der Waals surface area contributed by atoms with Gasteiger partial charge in [0.15, 0.2) is 12.5 Å². The highest BCUT2D eigenvalue weighted by molar-refractivity contribution is 7.28. The molecule has 0 bridgehead atoms. The summed E-state index contributed by atoms with van der Waals surface area (Å²) in [6.07, 6.45) is 6.14. The number of hydrogen-bond acceptors (Lipinski definition) is 3. The summed E-state index contributed by atoms with van der Waals surface area (Å²) >= 11 is 6.21. The molecule has 184 valence electrons. The summed E-state index contributed by atoms with van der Waals surface area (Å²) in [5.41, 5.74) is 12.9. The second kappa shape index (κ2) is 10.6. The van der Waals surface area contributed by atoms with E-state index < -0.39 is 11.6 Å². The summed E-state index contributed by atoms with van der Waals surface area (Å²) in [5, 5.41) is 1.03. The van der Waals surface area contributed by atoms with Crippen molar-refractivity contribution in [2.45, 2.75) is 20.3 Å². The summed E-state index contributed by atoms with van der Waals surface area (Å²) in [4.78, 5) is 7.42.